The van der Waals surface area contributed by atoms with Crippen molar-refractivity contribution in [2.24, 2.45) is 0 Å². The number of unbranched alkanes of at least 4 members (excludes halogenated alkanes) is 1. The van der Waals surface area contributed by atoms with Gasteiger partial charge in [-0.25, -0.2) is 4.79 Å². The molecule has 0 atom stereocenters. The maximum atomic E-state index is 11.2. The second-order valence-electron chi connectivity index (χ2n) is 3.99. The highest BCUT2D eigenvalue weighted by Crippen LogP contribution is 2.18. The molecule has 0 aliphatic heterocycles. The first-order chi connectivity index (χ1) is 7.83. The average Bonchev–Trinajstić information content (AvgIpc) is 3.06. The minimum Gasteiger partial charge on any atom is -0.382 e. The van der Waals surface area contributed by atoms with E-state index in [-0.39, 0.29) is 6.03 Å². The molecular weight excluding hydrogens is 208 g/mol. The number of urea groups is 1. The Morgan fingerprint density at radius 1 is 1.25 bits per heavy atom. The van der Waals surface area contributed by atoms with Crippen LogP contribution >= 0.6 is 0 Å². The smallest absolute Gasteiger partial charge is 0.315 e. The molecule has 1 rings (SSSR count). The molecule has 2 amide bonds. The van der Waals surface area contributed by atoms with Crippen molar-refractivity contribution in [3.63, 3.8) is 0 Å². The predicted molar refractivity (Wildman–Crippen MR) is 61.5 cm³/mol. The SMILES string of the molecule is COCCOCCCCNC(=O)NC1CC1. The van der Waals surface area contributed by atoms with Crippen LogP contribution in [-0.4, -0.2) is 45.5 Å². The second kappa shape index (κ2) is 8.35. The van der Waals surface area contributed by atoms with Gasteiger partial charge in [-0.05, 0) is 25.7 Å². The van der Waals surface area contributed by atoms with Crippen molar-refractivity contribution in [2.75, 3.05) is 33.5 Å². The van der Waals surface area contributed by atoms with Gasteiger partial charge in [0.2, 0.25) is 0 Å². The molecule has 0 bridgehead atoms. The first-order valence-electron chi connectivity index (χ1n) is 5.94. The largest absolute Gasteiger partial charge is 0.382 e. The van der Waals surface area contributed by atoms with E-state index in [0.29, 0.717) is 25.8 Å². The Labute approximate surface area is 96.9 Å². The molecule has 0 unspecified atom stereocenters. The summed E-state index contributed by atoms with van der Waals surface area (Å²) in [6.07, 6.45) is 4.17. The van der Waals surface area contributed by atoms with Crippen molar-refractivity contribution < 1.29 is 14.3 Å². The van der Waals surface area contributed by atoms with E-state index < -0.39 is 0 Å². The third kappa shape index (κ3) is 7.48. The highest BCUT2D eigenvalue weighted by molar-refractivity contribution is 5.74. The van der Waals surface area contributed by atoms with E-state index in [1.165, 1.54) is 0 Å². The molecule has 1 aliphatic carbocycles. The minimum absolute atomic E-state index is 0.0391. The van der Waals surface area contributed by atoms with Gasteiger partial charge in [0.25, 0.3) is 0 Å². The third-order valence-electron chi connectivity index (χ3n) is 2.35. The summed E-state index contributed by atoms with van der Waals surface area (Å²) >= 11 is 0. The van der Waals surface area contributed by atoms with Crippen molar-refractivity contribution in [3.8, 4) is 0 Å². The van der Waals surface area contributed by atoms with Gasteiger partial charge in [0.15, 0.2) is 0 Å². The molecule has 0 saturated heterocycles. The van der Waals surface area contributed by atoms with Crippen LogP contribution in [0.4, 0.5) is 4.79 Å². The Hall–Kier alpha value is -0.810. The summed E-state index contributed by atoms with van der Waals surface area (Å²) in [5, 5.41) is 5.70. The lowest BCUT2D eigenvalue weighted by Crippen LogP contribution is -2.37. The van der Waals surface area contributed by atoms with Crippen LogP contribution < -0.4 is 10.6 Å². The Morgan fingerprint density at radius 3 is 2.75 bits per heavy atom. The van der Waals surface area contributed by atoms with Gasteiger partial charge in [0, 0.05) is 26.3 Å². The number of carbonyl (C=O) groups excluding carboxylic acids is 1. The van der Waals surface area contributed by atoms with E-state index in [0.717, 1.165) is 32.3 Å². The van der Waals surface area contributed by atoms with Gasteiger partial charge in [0.1, 0.15) is 0 Å². The molecule has 5 nitrogen and oxygen atoms in total. The van der Waals surface area contributed by atoms with Gasteiger partial charge in [-0.3, -0.25) is 0 Å². The standard InChI is InChI=1S/C11H22N2O3/c1-15-8-9-16-7-3-2-6-12-11(14)13-10-4-5-10/h10H,2-9H2,1H3,(H2,12,13,14). The van der Waals surface area contributed by atoms with E-state index in [4.69, 9.17) is 9.47 Å². The molecule has 94 valence electrons. The molecule has 0 aromatic carbocycles. The minimum atomic E-state index is -0.0391. The molecule has 0 spiro atoms. The molecule has 1 aliphatic rings. The van der Waals surface area contributed by atoms with Crippen LogP contribution in [0.25, 0.3) is 0 Å². The predicted octanol–water partition coefficient (Wildman–Crippen LogP) is 0.891. The van der Waals surface area contributed by atoms with Crippen molar-refractivity contribution in [1.82, 2.24) is 10.6 Å². The van der Waals surface area contributed by atoms with E-state index in [1.54, 1.807) is 7.11 Å². The Balaban J connectivity index is 1.75. The van der Waals surface area contributed by atoms with E-state index in [2.05, 4.69) is 10.6 Å². The maximum absolute atomic E-state index is 11.2. The van der Waals surface area contributed by atoms with Crippen LogP contribution in [0.3, 0.4) is 0 Å². The van der Waals surface area contributed by atoms with E-state index in [1.807, 2.05) is 0 Å². The topological polar surface area (TPSA) is 59.6 Å². The van der Waals surface area contributed by atoms with Gasteiger partial charge < -0.3 is 20.1 Å². The summed E-state index contributed by atoms with van der Waals surface area (Å²) in [5.41, 5.74) is 0. The van der Waals surface area contributed by atoms with Crippen LogP contribution in [0.2, 0.25) is 0 Å². The number of methoxy groups -OCH3 is 1. The van der Waals surface area contributed by atoms with Crippen LogP contribution in [-0.2, 0) is 9.47 Å². The first-order valence-corrected chi connectivity index (χ1v) is 5.94. The van der Waals surface area contributed by atoms with Crippen molar-refractivity contribution >= 4 is 6.03 Å². The van der Waals surface area contributed by atoms with Gasteiger partial charge in [0.05, 0.1) is 13.2 Å². The zero-order valence-electron chi connectivity index (χ0n) is 9.96. The van der Waals surface area contributed by atoms with Gasteiger partial charge >= 0.3 is 6.03 Å². The van der Waals surface area contributed by atoms with Crippen LogP contribution in [0.1, 0.15) is 25.7 Å². The van der Waals surface area contributed by atoms with E-state index >= 15 is 0 Å². The molecule has 0 aromatic rings. The first kappa shape index (κ1) is 13.3. The Kier molecular flexibility index (Phi) is 6.92. The number of carbonyl (C=O) groups is 1. The number of amides is 2. The normalized spacial score (nSPS) is 14.8. The number of hydrogen-bond acceptors (Lipinski definition) is 3. The monoisotopic (exact) mass is 230 g/mol. The molecular formula is C11H22N2O3. The molecule has 2 N–H and O–H groups in total. The Bertz CT molecular complexity index is 196. The fourth-order valence-electron chi connectivity index (χ4n) is 1.24. The zero-order valence-corrected chi connectivity index (χ0v) is 9.96. The molecule has 5 heteroatoms. The summed E-state index contributed by atoms with van der Waals surface area (Å²) in [6.45, 7) is 2.73. The lowest BCUT2D eigenvalue weighted by atomic mass is 10.3. The van der Waals surface area contributed by atoms with Gasteiger partial charge in [-0.2, -0.15) is 0 Å². The van der Waals surface area contributed by atoms with Crippen molar-refractivity contribution in [2.45, 2.75) is 31.7 Å². The summed E-state index contributed by atoms with van der Waals surface area (Å²) in [4.78, 5) is 11.2. The van der Waals surface area contributed by atoms with Crippen LogP contribution in [0.15, 0.2) is 0 Å². The van der Waals surface area contributed by atoms with E-state index in [9.17, 15) is 4.79 Å². The van der Waals surface area contributed by atoms with Crippen LogP contribution in [0, 0.1) is 0 Å². The summed E-state index contributed by atoms with van der Waals surface area (Å²) in [6, 6.07) is 0.389. The van der Waals surface area contributed by atoms with Crippen molar-refractivity contribution in [1.29, 1.82) is 0 Å². The highest BCUT2D eigenvalue weighted by atomic mass is 16.5. The summed E-state index contributed by atoms with van der Waals surface area (Å²) < 4.78 is 10.2. The fraction of sp³-hybridized carbons (Fsp3) is 0.909. The number of rotatable bonds is 9. The molecule has 1 saturated carbocycles. The number of hydrogen-bond donors (Lipinski definition) is 2. The molecule has 0 heterocycles. The lowest BCUT2D eigenvalue weighted by molar-refractivity contribution is 0.0688. The van der Waals surface area contributed by atoms with Crippen LogP contribution in [0.5, 0.6) is 0 Å². The van der Waals surface area contributed by atoms with Gasteiger partial charge in [-0.1, -0.05) is 0 Å². The molecule has 16 heavy (non-hydrogen) atoms. The number of ether oxygens (including phenoxy) is 2. The summed E-state index contributed by atoms with van der Waals surface area (Å²) in [7, 11) is 1.66. The molecule has 0 radical (unpaired) electrons. The lowest BCUT2D eigenvalue weighted by Gasteiger charge is -2.06. The fourth-order valence-corrected chi connectivity index (χ4v) is 1.24. The maximum Gasteiger partial charge on any atom is 0.315 e. The van der Waals surface area contributed by atoms with Crippen molar-refractivity contribution in [3.05, 3.63) is 0 Å². The number of nitrogens with one attached hydrogen (secondary N) is 2. The zero-order chi connectivity index (χ0) is 11.6. The second-order valence-corrected chi connectivity index (χ2v) is 3.99. The molecule has 0 aromatic heterocycles. The Morgan fingerprint density at radius 2 is 2.06 bits per heavy atom. The quantitative estimate of drug-likeness (QED) is 0.578. The summed E-state index contributed by atoms with van der Waals surface area (Å²) in [5.74, 6) is 0. The third-order valence-corrected chi connectivity index (χ3v) is 2.35. The highest BCUT2D eigenvalue weighted by Gasteiger charge is 2.22. The molecule has 1 fully saturated rings. The van der Waals surface area contributed by atoms with Gasteiger partial charge in [-0.15, -0.1) is 0 Å². The average molecular weight is 230 g/mol.